The molecule has 1 aliphatic rings. The molecule has 5 nitrogen and oxygen atoms in total. The van der Waals surface area contributed by atoms with Crippen molar-refractivity contribution in [2.45, 2.75) is 25.6 Å². The van der Waals surface area contributed by atoms with Crippen LogP contribution in [-0.4, -0.2) is 29.0 Å². The Kier molecular flexibility index (Phi) is 5.40. The van der Waals surface area contributed by atoms with Gasteiger partial charge in [0.1, 0.15) is 10.8 Å². The lowest BCUT2D eigenvalue weighted by Gasteiger charge is -2.34. The molecule has 1 fully saturated rings. The number of anilines is 1. The predicted octanol–water partition coefficient (Wildman–Crippen LogP) is 4.24. The second-order valence-corrected chi connectivity index (χ2v) is 8.07. The molecule has 1 aliphatic heterocycles. The molecule has 1 unspecified atom stereocenters. The third-order valence-corrected chi connectivity index (χ3v) is 5.97. The Morgan fingerprint density at radius 3 is 2.86 bits per heavy atom. The molecule has 1 saturated heterocycles. The average Bonchev–Trinajstić information content (AvgIpc) is 3.14. The minimum absolute atomic E-state index is 0.108. The smallest absolute Gasteiger partial charge is 0.355 e. The van der Waals surface area contributed by atoms with Crippen LogP contribution in [0.15, 0.2) is 42.6 Å². The Labute approximate surface area is 169 Å². The Morgan fingerprint density at radius 2 is 2.07 bits per heavy atom. The van der Waals surface area contributed by atoms with E-state index in [-0.39, 0.29) is 24.2 Å². The molecular weight excluding hydrogens is 401 g/mol. The minimum atomic E-state index is -4.48. The van der Waals surface area contributed by atoms with E-state index in [4.69, 9.17) is 0 Å². The number of fused-ring (bicyclic) bond motifs is 1. The van der Waals surface area contributed by atoms with Crippen LogP contribution in [0.3, 0.4) is 0 Å². The van der Waals surface area contributed by atoms with Crippen LogP contribution < -0.4 is 10.2 Å². The number of halogens is 3. The number of para-hydroxylation sites is 1. The average molecular weight is 420 g/mol. The van der Waals surface area contributed by atoms with Gasteiger partial charge in [-0.1, -0.05) is 12.1 Å². The van der Waals surface area contributed by atoms with Crippen molar-refractivity contribution < 1.29 is 18.0 Å². The number of rotatable bonds is 4. The van der Waals surface area contributed by atoms with Crippen LogP contribution in [0, 0.1) is 5.92 Å². The van der Waals surface area contributed by atoms with Crippen molar-refractivity contribution >= 4 is 33.3 Å². The Morgan fingerprint density at radius 1 is 1.24 bits per heavy atom. The lowest BCUT2D eigenvalue weighted by molar-refractivity contribution is -0.137. The van der Waals surface area contributed by atoms with Gasteiger partial charge < -0.3 is 10.2 Å². The van der Waals surface area contributed by atoms with E-state index in [1.54, 1.807) is 4.90 Å². The molecule has 0 bridgehead atoms. The number of amides is 1. The molecule has 1 amide bonds. The third kappa shape index (κ3) is 4.34. The van der Waals surface area contributed by atoms with Gasteiger partial charge in [-0.3, -0.25) is 4.79 Å². The summed E-state index contributed by atoms with van der Waals surface area (Å²) >= 11 is 1.52. The predicted molar refractivity (Wildman–Crippen MR) is 106 cm³/mol. The van der Waals surface area contributed by atoms with Crippen molar-refractivity contribution in [3.63, 3.8) is 0 Å². The number of alkyl halides is 3. The zero-order valence-corrected chi connectivity index (χ0v) is 16.3. The van der Waals surface area contributed by atoms with Crippen molar-refractivity contribution in [1.29, 1.82) is 0 Å². The first kappa shape index (κ1) is 19.6. The highest BCUT2D eigenvalue weighted by Crippen LogP contribution is 2.36. The number of hydrogen-bond acceptors (Lipinski definition) is 5. The third-order valence-electron chi connectivity index (χ3n) is 4.94. The van der Waals surface area contributed by atoms with E-state index in [0.717, 1.165) is 21.3 Å². The van der Waals surface area contributed by atoms with Gasteiger partial charge in [0, 0.05) is 19.3 Å². The first-order chi connectivity index (χ1) is 13.9. The van der Waals surface area contributed by atoms with Gasteiger partial charge in [-0.2, -0.15) is 13.2 Å². The van der Waals surface area contributed by atoms with Gasteiger partial charge in [-0.15, -0.1) is 11.3 Å². The van der Waals surface area contributed by atoms with Gasteiger partial charge in [0.05, 0.1) is 28.2 Å². The number of benzene rings is 1. The Balaban J connectivity index is 1.42. The van der Waals surface area contributed by atoms with Crippen LogP contribution in [0.2, 0.25) is 0 Å². The van der Waals surface area contributed by atoms with Crippen molar-refractivity contribution in [3.8, 4) is 0 Å². The highest BCUT2D eigenvalue weighted by atomic mass is 32.1. The summed E-state index contributed by atoms with van der Waals surface area (Å²) in [6, 6.07) is 10.0. The molecule has 0 radical (unpaired) electrons. The largest absolute Gasteiger partial charge is 0.419 e. The van der Waals surface area contributed by atoms with Crippen molar-refractivity contribution in [3.05, 3.63) is 53.2 Å². The van der Waals surface area contributed by atoms with E-state index in [1.807, 2.05) is 24.3 Å². The second-order valence-electron chi connectivity index (χ2n) is 6.95. The highest BCUT2D eigenvalue weighted by Gasteiger charge is 2.37. The maximum absolute atomic E-state index is 13.3. The fourth-order valence-corrected chi connectivity index (χ4v) is 4.46. The van der Waals surface area contributed by atoms with Crippen molar-refractivity contribution in [1.82, 2.24) is 15.3 Å². The van der Waals surface area contributed by atoms with Crippen LogP contribution in [-0.2, 0) is 17.5 Å². The summed E-state index contributed by atoms with van der Waals surface area (Å²) in [7, 11) is 0. The molecule has 0 aliphatic carbocycles. The number of hydrogen-bond donors (Lipinski definition) is 1. The fraction of sp³-hybridized carbons (Fsp3) is 0.350. The van der Waals surface area contributed by atoms with E-state index < -0.39 is 11.7 Å². The van der Waals surface area contributed by atoms with E-state index in [1.165, 1.54) is 23.6 Å². The SMILES string of the molecule is O=C(NCc1nc2ccccc2s1)C1CCCN(c2ncccc2C(F)(F)F)C1. The van der Waals surface area contributed by atoms with Crippen LogP contribution in [0.4, 0.5) is 19.0 Å². The normalized spacial score (nSPS) is 17.5. The molecule has 29 heavy (non-hydrogen) atoms. The number of thiazole rings is 1. The molecule has 9 heteroatoms. The fourth-order valence-electron chi connectivity index (χ4n) is 3.56. The maximum Gasteiger partial charge on any atom is 0.419 e. The van der Waals surface area contributed by atoms with Gasteiger partial charge in [0.15, 0.2) is 0 Å². The van der Waals surface area contributed by atoms with Crippen molar-refractivity contribution in [2.24, 2.45) is 5.92 Å². The standard InChI is InChI=1S/C20H19F3N4OS/c21-20(22,23)14-6-3-9-24-18(14)27-10-4-5-13(12-27)19(28)25-11-17-26-15-7-1-2-8-16(15)29-17/h1-3,6-9,13H,4-5,10-12H2,(H,25,28). The highest BCUT2D eigenvalue weighted by molar-refractivity contribution is 7.18. The molecule has 0 saturated carbocycles. The molecule has 2 aromatic heterocycles. The number of carbonyl (C=O) groups is 1. The zero-order chi connectivity index (χ0) is 20.4. The first-order valence-corrected chi connectivity index (χ1v) is 10.1. The second kappa shape index (κ2) is 7.98. The van der Waals surface area contributed by atoms with Crippen LogP contribution in [0.25, 0.3) is 10.2 Å². The maximum atomic E-state index is 13.3. The lowest BCUT2D eigenvalue weighted by atomic mass is 9.96. The summed E-state index contributed by atoms with van der Waals surface area (Å²) < 4.78 is 41.0. The molecular formula is C20H19F3N4OS. The van der Waals surface area contributed by atoms with Gasteiger partial charge in [0.2, 0.25) is 5.91 Å². The number of piperidine rings is 1. The number of carbonyl (C=O) groups excluding carboxylic acids is 1. The summed E-state index contributed by atoms with van der Waals surface area (Å²) in [4.78, 5) is 22.6. The molecule has 4 rings (SSSR count). The van der Waals surface area contributed by atoms with E-state index in [0.29, 0.717) is 25.9 Å². The van der Waals surface area contributed by atoms with Gasteiger partial charge in [-0.25, -0.2) is 9.97 Å². The molecule has 0 spiro atoms. The molecule has 3 aromatic rings. The molecule has 1 N–H and O–H groups in total. The quantitative estimate of drug-likeness (QED) is 0.686. The van der Waals surface area contributed by atoms with Gasteiger partial charge >= 0.3 is 6.18 Å². The first-order valence-electron chi connectivity index (χ1n) is 9.31. The lowest BCUT2D eigenvalue weighted by Crippen LogP contribution is -2.43. The number of aromatic nitrogens is 2. The van der Waals surface area contributed by atoms with E-state index >= 15 is 0 Å². The molecule has 152 valence electrons. The number of pyridine rings is 1. The minimum Gasteiger partial charge on any atom is -0.355 e. The van der Waals surface area contributed by atoms with Crippen LogP contribution in [0.5, 0.6) is 0 Å². The zero-order valence-electron chi connectivity index (χ0n) is 15.4. The molecule has 1 atom stereocenters. The number of nitrogens with zero attached hydrogens (tertiary/aromatic N) is 3. The number of nitrogens with one attached hydrogen (secondary N) is 1. The topological polar surface area (TPSA) is 58.1 Å². The van der Waals surface area contributed by atoms with Crippen LogP contribution >= 0.6 is 11.3 Å². The van der Waals surface area contributed by atoms with Gasteiger partial charge in [-0.05, 0) is 37.1 Å². The van der Waals surface area contributed by atoms with Crippen molar-refractivity contribution in [2.75, 3.05) is 18.0 Å². The summed E-state index contributed by atoms with van der Waals surface area (Å²) in [6.07, 6.45) is -1.86. The molecule has 3 heterocycles. The Bertz CT molecular complexity index is 987. The van der Waals surface area contributed by atoms with Crippen LogP contribution in [0.1, 0.15) is 23.4 Å². The summed E-state index contributed by atoms with van der Waals surface area (Å²) in [5.74, 6) is -0.664. The molecule has 1 aromatic carbocycles. The summed E-state index contributed by atoms with van der Waals surface area (Å²) in [5, 5.41) is 3.69. The monoisotopic (exact) mass is 420 g/mol. The van der Waals surface area contributed by atoms with Gasteiger partial charge in [0.25, 0.3) is 0 Å². The Hall–Kier alpha value is -2.68. The summed E-state index contributed by atoms with van der Waals surface area (Å²) in [6.45, 7) is 0.972. The summed E-state index contributed by atoms with van der Waals surface area (Å²) in [5.41, 5.74) is 0.121. The van der Waals surface area contributed by atoms with E-state index in [9.17, 15) is 18.0 Å². The van der Waals surface area contributed by atoms with E-state index in [2.05, 4.69) is 15.3 Å².